The molecule has 3 nitrogen and oxygen atoms in total. The van der Waals surface area contributed by atoms with Crippen molar-refractivity contribution in [2.24, 2.45) is 0 Å². The van der Waals surface area contributed by atoms with Crippen molar-refractivity contribution in [1.29, 1.82) is 0 Å². The summed E-state index contributed by atoms with van der Waals surface area (Å²) in [7, 11) is 0. The monoisotopic (exact) mass is 345 g/mol. The van der Waals surface area contributed by atoms with Gasteiger partial charge in [0.1, 0.15) is 18.2 Å². The van der Waals surface area contributed by atoms with Gasteiger partial charge in [-0.2, -0.15) is 0 Å². The lowest BCUT2D eigenvalue weighted by atomic mass is 10.2. The largest absolute Gasteiger partial charge is 0.491 e. The Balaban J connectivity index is 1.73. The SMILES string of the molecule is CC(C)NCC1CCC(COc2ccc(F)c(Br)c2)O1. The summed E-state index contributed by atoms with van der Waals surface area (Å²) in [6.45, 7) is 5.65. The zero-order chi connectivity index (χ0) is 14.5. The van der Waals surface area contributed by atoms with E-state index in [0.29, 0.717) is 22.9 Å². The minimum absolute atomic E-state index is 0.123. The highest BCUT2D eigenvalue weighted by Gasteiger charge is 2.25. The summed E-state index contributed by atoms with van der Waals surface area (Å²) in [6.07, 6.45) is 2.46. The molecule has 0 saturated carbocycles. The Labute approximate surface area is 128 Å². The van der Waals surface area contributed by atoms with Gasteiger partial charge in [0.15, 0.2) is 0 Å². The van der Waals surface area contributed by atoms with Crippen molar-refractivity contribution in [3.8, 4) is 5.75 Å². The molecule has 5 heteroatoms. The van der Waals surface area contributed by atoms with E-state index in [0.717, 1.165) is 19.4 Å². The van der Waals surface area contributed by atoms with Crippen LogP contribution in [0, 0.1) is 5.82 Å². The summed E-state index contributed by atoms with van der Waals surface area (Å²) in [5.41, 5.74) is 0. The molecule has 1 aromatic rings. The second-order valence-electron chi connectivity index (χ2n) is 5.41. The van der Waals surface area contributed by atoms with Crippen LogP contribution in [-0.2, 0) is 4.74 Å². The molecular formula is C15H21BrFNO2. The Morgan fingerprint density at radius 3 is 2.85 bits per heavy atom. The molecule has 1 saturated heterocycles. The van der Waals surface area contributed by atoms with E-state index >= 15 is 0 Å². The van der Waals surface area contributed by atoms with Crippen molar-refractivity contribution < 1.29 is 13.9 Å². The summed E-state index contributed by atoms with van der Waals surface area (Å²) >= 11 is 3.15. The first-order valence-electron chi connectivity index (χ1n) is 7.01. The number of ether oxygens (including phenoxy) is 2. The minimum Gasteiger partial charge on any atom is -0.491 e. The lowest BCUT2D eigenvalue weighted by molar-refractivity contribution is 0.0178. The molecule has 0 spiro atoms. The first-order chi connectivity index (χ1) is 9.54. The van der Waals surface area contributed by atoms with Crippen LogP contribution in [0.3, 0.4) is 0 Å². The van der Waals surface area contributed by atoms with Crippen LogP contribution in [0.4, 0.5) is 4.39 Å². The fourth-order valence-corrected chi connectivity index (χ4v) is 2.53. The normalized spacial score (nSPS) is 22.4. The molecule has 112 valence electrons. The van der Waals surface area contributed by atoms with Crippen LogP contribution >= 0.6 is 15.9 Å². The molecule has 1 aliphatic rings. The number of nitrogens with one attached hydrogen (secondary N) is 1. The van der Waals surface area contributed by atoms with E-state index in [2.05, 4.69) is 35.1 Å². The molecule has 1 aliphatic heterocycles. The van der Waals surface area contributed by atoms with Crippen molar-refractivity contribution >= 4 is 15.9 Å². The average molecular weight is 346 g/mol. The molecule has 20 heavy (non-hydrogen) atoms. The van der Waals surface area contributed by atoms with Gasteiger partial charge >= 0.3 is 0 Å². The van der Waals surface area contributed by atoms with Gasteiger partial charge in [-0.1, -0.05) is 13.8 Å². The Bertz CT molecular complexity index is 442. The van der Waals surface area contributed by atoms with E-state index in [1.165, 1.54) is 6.07 Å². The van der Waals surface area contributed by atoms with Gasteiger partial charge in [0.05, 0.1) is 16.7 Å². The smallest absolute Gasteiger partial charge is 0.137 e. The van der Waals surface area contributed by atoms with Crippen molar-refractivity contribution in [3.63, 3.8) is 0 Å². The number of hydrogen-bond donors (Lipinski definition) is 1. The zero-order valence-electron chi connectivity index (χ0n) is 11.9. The molecule has 1 heterocycles. The molecule has 0 bridgehead atoms. The van der Waals surface area contributed by atoms with Crippen LogP contribution in [0.5, 0.6) is 5.75 Å². The number of halogens is 2. The van der Waals surface area contributed by atoms with Crippen LogP contribution in [0.1, 0.15) is 26.7 Å². The first-order valence-corrected chi connectivity index (χ1v) is 7.80. The second kappa shape index (κ2) is 7.38. The third kappa shape index (κ3) is 4.72. The lowest BCUT2D eigenvalue weighted by Crippen LogP contribution is -2.32. The maximum absolute atomic E-state index is 13.1. The van der Waals surface area contributed by atoms with Crippen LogP contribution in [0.25, 0.3) is 0 Å². The Morgan fingerprint density at radius 1 is 1.40 bits per heavy atom. The Kier molecular flexibility index (Phi) is 5.81. The van der Waals surface area contributed by atoms with Crippen LogP contribution in [-0.4, -0.2) is 31.4 Å². The molecule has 2 atom stereocenters. The number of hydrogen-bond acceptors (Lipinski definition) is 3. The minimum atomic E-state index is -0.283. The molecule has 2 unspecified atom stereocenters. The molecule has 0 radical (unpaired) electrons. The topological polar surface area (TPSA) is 30.5 Å². The van der Waals surface area contributed by atoms with Crippen LogP contribution in [0.2, 0.25) is 0 Å². The van der Waals surface area contributed by atoms with E-state index in [4.69, 9.17) is 9.47 Å². The van der Waals surface area contributed by atoms with Crippen molar-refractivity contribution in [3.05, 3.63) is 28.5 Å². The maximum atomic E-state index is 13.1. The summed E-state index contributed by atoms with van der Waals surface area (Å²) in [5.74, 6) is 0.375. The van der Waals surface area contributed by atoms with Crippen LogP contribution < -0.4 is 10.1 Å². The van der Waals surface area contributed by atoms with E-state index < -0.39 is 0 Å². The van der Waals surface area contributed by atoms with Gasteiger partial charge in [-0.15, -0.1) is 0 Å². The number of rotatable bonds is 6. The van der Waals surface area contributed by atoms with E-state index in [1.807, 2.05) is 0 Å². The van der Waals surface area contributed by atoms with E-state index in [9.17, 15) is 4.39 Å². The average Bonchev–Trinajstić information content (AvgIpc) is 2.86. The number of benzene rings is 1. The van der Waals surface area contributed by atoms with Gasteiger partial charge in [-0.3, -0.25) is 0 Å². The summed E-state index contributed by atoms with van der Waals surface area (Å²) in [4.78, 5) is 0. The molecule has 0 aliphatic carbocycles. The predicted octanol–water partition coefficient (Wildman–Crippen LogP) is 3.51. The first kappa shape index (κ1) is 15.7. The highest BCUT2D eigenvalue weighted by molar-refractivity contribution is 9.10. The van der Waals surface area contributed by atoms with Crippen molar-refractivity contribution in [1.82, 2.24) is 5.32 Å². The Hall–Kier alpha value is -0.650. The van der Waals surface area contributed by atoms with Gasteiger partial charge in [0, 0.05) is 12.6 Å². The third-order valence-electron chi connectivity index (χ3n) is 3.28. The van der Waals surface area contributed by atoms with Gasteiger partial charge in [0.2, 0.25) is 0 Å². The fraction of sp³-hybridized carbons (Fsp3) is 0.600. The molecular weight excluding hydrogens is 325 g/mol. The van der Waals surface area contributed by atoms with E-state index in [1.54, 1.807) is 12.1 Å². The maximum Gasteiger partial charge on any atom is 0.137 e. The third-order valence-corrected chi connectivity index (χ3v) is 3.88. The van der Waals surface area contributed by atoms with Crippen molar-refractivity contribution in [2.75, 3.05) is 13.2 Å². The molecule has 1 fully saturated rings. The van der Waals surface area contributed by atoms with Gasteiger partial charge in [0.25, 0.3) is 0 Å². The molecule has 1 N–H and O–H groups in total. The van der Waals surface area contributed by atoms with E-state index in [-0.39, 0.29) is 18.0 Å². The summed E-state index contributed by atoms with van der Waals surface area (Å²) in [5, 5.41) is 3.38. The van der Waals surface area contributed by atoms with Crippen LogP contribution in [0.15, 0.2) is 22.7 Å². The standard InChI is InChI=1S/C15H21BrFNO2/c1-10(2)18-8-12-3-4-13(20-12)9-19-11-5-6-15(17)14(16)7-11/h5-7,10,12-13,18H,3-4,8-9H2,1-2H3. The highest BCUT2D eigenvalue weighted by Crippen LogP contribution is 2.24. The zero-order valence-corrected chi connectivity index (χ0v) is 13.5. The highest BCUT2D eigenvalue weighted by atomic mass is 79.9. The van der Waals surface area contributed by atoms with Gasteiger partial charge in [-0.05, 0) is 47.0 Å². The summed E-state index contributed by atoms with van der Waals surface area (Å²) in [6, 6.07) is 5.14. The van der Waals surface area contributed by atoms with Crippen molar-refractivity contribution in [2.45, 2.75) is 44.9 Å². The predicted molar refractivity (Wildman–Crippen MR) is 80.6 cm³/mol. The second-order valence-corrected chi connectivity index (χ2v) is 6.26. The van der Waals surface area contributed by atoms with Gasteiger partial charge in [-0.25, -0.2) is 4.39 Å². The molecule has 1 aromatic carbocycles. The Morgan fingerprint density at radius 2 is 2.15 bits per heavy atom. The van der Waals surface area contributed by atoms with Gasteiger partial charge < -0.3 is 14.8 Å². The summed E-state index contributed by atoms with van der Waals surface area (Å²) < 4.78 is 25.1. The quantitative estimate of drug-likeness (QED) is 0.855. The molecule has 0 amide bonds. The molecule has 0 aromatic heterocycles. The fourth-order valence-electron chi connectivity index (χ4n) is 2.18. The lowest BCUT2D eigenvalue weighted by Gasteiger charge is -2.16. The molecule has 2 rings (SSSR count).